The molecule has 0 unspecified atom stereocenters. The molecule has 1 amide bonds. The van der Waals surface area contributed by atoms with Crippen LogP contribution in [0, 0.1) is 20.8 Å². The van der Waals surface area contributed by atoms with E-state index in [4.69, 9.17) is 0 Å². The first-order valence-electron chi connectivity index (χ1n) is 8.20. The van der Waals surface area contributed by atoms with Gasteiger partial charge in [0.15, 0.2) is 10.8 Å². The second-order valence-corrected chi connectivity index (χ2v) is 7.20. The monoisotopic (exact) mass is 363 g/mol. The SMILES string of the molecule is Cc1ccc2nc(NC(=O)c3nnn(-c4ccccc4C)c3C)sc2c1. The van der Waals surface area contributed by atoms with Gasteiger partial charge in [-0.3, -0.25) is 10.1 Å². The van der Waals surface area contributed by atoms with E-state index in [0.717, 1.165) is 27.0 Å². The van der Waals surface area contributed by atoms with Gasteiger partial charge < -0.3 is 0 Å². The Hall–Kier alpha value is -3.06. The van der Waals surface area contributed by atoms with Gasteiger partial charge in [0, 0.05) is 0 Å². The first-order chi connectivity index (χ1) is 12.5. The van der Waals surface area contributed by atoms with Crippen molar-refractivity contribution in [3.8, 4) is 5.69 Å². The molecule has 2 heterocycles. The third kappa shape index (κ3) is 2.86. The van der Waals surface area contributed by atoms with Crippen LogP contribution in [0.3, 0.4) is 0 Å². The van der Waals surface area contributed by atoms with E-state index in [1.165, 1.54) is 11.3 Å². The fourth-order valence-corrected chi connectivity index (χ4v) is 3.77. The molecule has 1 N–H and O–H groups in total. The van der Waals surface area contributed by atoms with Crippen LogP contribution < -0.4 is 5.32 Å². The normalized spacial score (nSPS) is 11.0. The summed E-state index contributed by atoms with van der Waals surface area (Å²) in [4.78, 5) is 17.1. The van der Waals surface area contributed by atoms with Crippen LogP contribution in [-0.4, -0.2) is 25.9 Å². The van der Waals surface area contributed by atoms with E-state index in [2.05, 4.69) is 26.7 Å². The van der Waals surface area contributed by atoms with E-state index in [1.807, 2.05) is 57.2 Å². The molecule has 0 atom stereocenters. The van der Waals surface area contributed by atoms with Crippen molar-refractivity contribution in [1.82, 2.24) is 20.0 Å². The van der Waals surface area contributed by atoms with Crippen LogP contribution in [0.15, 0.2) is 42.5 Å². The number of anilines is 1. The summed E-state index contributed by atoms with van der Waals surface area (Å²) >= 11 is 1.45. The number of aromatic nitrogens is 4. The summed E-state index contributed by atoms with van der Waals surface area (Å²) in [7, 11) is 0. The predicted molar refractivity (Wildman–Crippen MR) is 103 cm³/mol. The molecule has 26 heavy (non-hydrogen) atoms. The van der Waals surface area contributed by atoms with Crippen LogP contribution in [0.4, 0.5) is 5.13 Å². The standard InChI is InChI=1S/C19H17N5OS/c1-11-8-9-14-16(10-11)26-19(20-14)21-18(25)17-13(3)24(23-22-17)15-7-5-4-6-12(15)2/h4-10H,1-3H3,(H,20,21,25). The van der Waals surface area contributed by atoms with Crippen LogP contribution in [0.2, 0.25) is 0 Å². The zero-order valence-electron chi connectivity index (χ0n) is 14.6. The Morgan fingerprint density at radius 2 is 1.92 bits per heavy atom. The molecule has 2 aromatic heterocycles. The Labute approximate surface area is 154 Å². The quantitative estimate of drug-likeness (QED) is 0.596. The maximum absolute atomic E-state index is 12.6. The molecule has 130 valence electrons. The maximum atomic E-state index is 12.6. The van der Waals surface area contributed by atoms with Gasteiger partial charge in [-0.05, 0) is 50.1 Å². The predicted octanol–water partition coefficient (Wildman–Crippen LogP) is 4.05. The summed E-state index contributed by atoms with van der Waals surface area (Å²) in [5, 5.41) is 11.6. The average molecular weight is 363 g/mol. The Balaban J connectivity index is 1.63. The molecular formula is C19H17N5OS. The maximum Gasteiger partial charge on any atom is 0.279 e. The van der Waals surface area contributed by atoms with Crippen molar-refractivity contribution in [2.45, 2.75) is 20.8 Å². The number of carbonyl (C=O) groups is 1. The van der Waals surface area contributed by atoms with Gasteiger partial charge in [0.1, 0.15) is 0 Å². The molecule has 4 aromatic rings. The van der Waals surface area contributed by atoms with Crippen LogP contribution in [0.1, 0.15) is 27.3 Å². The molecule has 6 nitrogen and oxygen atoms in total. The lowest BCUT2D eigenvalue weighted by atomic mass is 10.2. The lowest BCUT2D eigenvalue weighted by Crippen LogP contribution is -2.14. The fourth-order valence-electron chi connectivity index (χ4n) is 2.81. The number of aryl methyl sites for hydroxylation is 2. The lowest BCUT2D eigenvalue weighted by molar-refractivity contribution is 0.102. The molecule has 4 rings (SSSR count). The Kier molecular flexibility index (Phi) is 4.00. The zero-order valence-corrected chi connectivity index (χ0v) is 15.5. The van der Waals surface area contributed by atoms with E-state index in [1.54, 1.807) is 4.68 Å². The number of hydrogen-bond donors (Lipinski definition) is 1. The minimum atomic E-state index is -0.307. The summed E-state index contributed by atoms with van der Waals surface area (Å²) in [5.74, 6) is -0.307. The molecule has 0 saturated heterocycles. The van der Waals surface area contributed by atoms with Gasteiger partial charge in [0.05, 0.1) is 21.6 Å². The van der Waals surface area contributed by atoms with E-state index >= 15 is 0 Å². The van der Waals surface area contributed by atoms with E-state index in [0.29, 0.717) is 16.5 Å². The second-order valence-electron chi connectivity index (χ2n) is 6.17. The van der Waals surface area contributed by atoms with Crippen molar-refractivity contribution >= 4 is 32.6 Å². The largest absolute Gasteiger partial charge is 0.296 e. The summed E-state index contributed by atoms with van der Waals surface area (Å²) in [5.41, 5.74) is 4.99. The number of hydrogen-bond acceptors (Lipinski definition) is 5. The van der Waals surface area contributed by atoms with Gasteiger partial charge in [0.25, 0.3) is 5.91 Å². The molecule has 2 aromatic carbocycles. The fraction of sp³-hybridized carbons (Fsp3) is 0.158. The van der Waals surface area contributed by atoms with Crippen LogP contribution in [0.5, 0.6) is 0 Å². The summed E-state index contributed by atoms with van der Waals surface area (Å²) in [6.07, 6.45) is 0. The van der Waals surface area contributed by atoms with Gasteiger partial charge in [-0.2, -0.15) is 0 Å². The third-order valence-corrected chi connectivity index (χ3v) is 5.15. The van der Waals surface area contributed by atoms with Gasteiger partial charge in [0.2, 0.25) is 0 Å². The number of rotatable bonds is 3. The second kappa shape index (κ2) is 6.34. The third-order valence-electron chi connectivity index (χ3n) is 4.22. The summed E-state index contributed by atoms with van der Waals surface area (Å²) < 4.78 is 2.73. The number of carbonyl (C=O) groups excluding carboxylic acids is 1. The average Bonchev–Trinajstić information content (AvgIpc) is 3.18. The highest BCUT2D eigenvalue weighted by Gasteiger charge is 2.19. The Morgan fingerprint density at radius 3 is 2.73 bits per heavy atom. The minimum absolute atomic E-state index is 0.295. The van der Waals surface area contributed by atoms with Crippen LogP contribution in [0.25, 0.3) is 15.9 Å². The molecule has 0 radical (unpaired) electrons. The number of fused-ring (bicyclic) bond motifs is 1. The number of nitrogens with zero attached hydrogens (tertiary/aromatic N) is 4. The van der Waals surface area contributed by atoms with Crippen molar-refractivity contribution in [2.24, 2.45) is 0 Å². The van der Waals surface area contributed by atoms with Gasteiger partial charge >= 0.3 is 0 Å². The molecule has 0 aliphatic rings. The van der Waals surface area contributed by atoms with Crippen LogP contribution in [-0.2, 0) is 0 Å². The Morgan fingerprint density at radius 1 is 1.12 bits per heavy atom. The summed E-state index contributed by atoms with van der Waals surface area (Å²) in [6, 6.07) is 13.9. The summed E-state index contributed by atoms with van der Waals surface area (Å²) in [6.45, 7) is 5.87. The highest BCUT2D eigenvalue weighted by Crippen LogP contribution is 2.27. The molecular weight excluding hydrogens is 346 g/mol. The molecule has 0 saturated carbocycles. The van der Waals surface area contributed by atoms with Crippen molar-refractivity contribution in [2.75, 3.05) is 5.32 Å². The first kappa shape index (κ1) is 16.4. The molecule has 0 bridgehead atoms. The van der Waals surface area contributed by atoms with E-state index < -0.39 is 0 Å². The van der Waals surface area contributed by atoms with Gasteiger partial charge in [-0.1, -0.05) is 40.8 Å². The zero-order chi connectivity index (χ0) is 18.3. The van der Waals surface area contributed by atoms with Crippen molar-refractivity contribution in [3.63, 3.8) is 0 Å². The number of amides is 1. The highest BCUT2D eigenvalue weighted by molar-refractivity contribution is 7.22. The highest BCUT2D eigenvalue weighted by atomic mass is 32.1. The van der Waals surface area contributed by atoms with E-state index in [9.17, 15) is 4.79 Å². The van der Waals surface area contributed by atoms with Crippen LogP contribution >= 0.6 is 11.3 Å². The molecule has 7 heteroatoms. The lowest BCUT2D eigenvalue weighted by Gasteiger charge is -2.06. The number of thiazole rings is 1. The van der Waals surface area contributed by atoms with Crippen molar-refractivity contribution in [3.05, 3.63) is 65.0 Å². The number of nitrogens with one attached hydrogen (secondary N) is 1. The Bertz CT molecular complexity index is 1130. The smallest absolute Gasteiger partial charge is 0.279 e. The number of para-hydroxylation sites is 1. The van der Waals surface area contributed by atoms with E-state index in [-0.39, 0.29) is 5.91 Å². The molecule has 0 aliphatic heterocycles. The molecule has 0 spiro atoms. The molecule has 0 fully saturated rings. The number of benzene rings is 2. The topological polar surface area (TPSA) is 72.7 Å². The van der Waals surface area contributed by atoms with Crippen molar-refractivity contribution < 1.29 is 4.79 Å². The van der Waals surface area contributed by atoms with Gasteiger partial charge in [-0.25, -0.2) is 9.67 Å². The molecule has 0 aliphatic carbocycles. The minimum Gasteiger partial charge on any atom is -0.296 e. The first-order valence-corrected chi connectivity index (χ1v) is 9.01. The van der Waals surface area contributed by atoms with Crippen molar-refractivity contribution in [1.29, 1.82) is 0 Å². The van der Waals surface area contributed by atoms with Gasteiger partial charge in [-0.15, -0.1) is 5.10 Å².